The van der Waals surface area contributed by atoms with Crippen LogP contribution in [0.25, 0.3) is 10.8 Å². The van der Waals surface area contributed by atoms with Crippen molar-refractivity contribution in [3.05, 3.63) is 29.0 Å². The standard InChI is InChI=1S/C14H16N4O2S/c1-9-11(13(19)17-8-10-4-2-7-20-10)21-14(18-9)12-15-5-3-6-16-12/h3,5-6,10H,2,4,7-8H2,1H3,(H,17,19). The maximum atomic E-state index is 12.2. The summed E-state index contributed by atoms with van der Waals surface area (Å²) < 4.78 is 5.50. The second-order valence-electron chi connectivity index (χ2n) is 4.85. The summed E-state index contributed by atoms with van der Waals surface area (Å²) in [6.07, 6.45) is 5.53. The van der Waals surface area contributed by atoms with Gasteiger partial charge in [-0.15, -0.1) is 11.3 Å². The van der Waals surface area contributed by atoms with Crippen molar-refractivity contribution in [2.75, 3.05) is 13.2 Å². The van der Waals surface area contributed by atoms with Crippen LogP contribution in [-0.2, 0) is 4.74 Å². The Bertz CT molecular complexity index is 623. The third-order valence-electron chi connectivity index (χ3n) is 3.27. The molecule has 0 bridgehead atoms. The number of carbonyl (C=O) groups excluding carboxylic acids is 1. The van der Waals surface area contributed by atoms with Gasteiger partial charge in [-0.2, -0.15) is 0 Å². The van der Waals surface area contributed by atoms with Gasteiger partial charge in [0.25, 0.3) is 5.91 Å². The number of amides is 1. The zero-order valence-corrected chi connectivity index (χ0v) is 12.5. The van der Waals surface area contributed by atoms with E-state index >= 15 is 0 Å². The number of aromatic nitrogens is 3. The van der Waals surface area contributed by atoms with Crippen LogP contribution >= 0.6 is 11.3 Å². The fourth-order valence-corrected chi connectivity index (χ4v) is 3.14. The minimum atomic E-state index is -0.109. The number of nitrogens with one attached hydrogen (secondary N) is 1. The second kappa shape index (κ2) is 6.28. The molecule has 1 aliphatic rings. The lowest BCUT2D eigenvalue weighted by atomic mass is 10.2. The molecule has 7 heteroatoms. The molecule has 1 saturated heterocycles. The Hall–Kier alpha value is -1.86. The number of ether oxygens (including phenoxy) is 1. The molecule has 1 fully saturated rings. The smallest absolute Gasteiger partial charge is 0.263 e. The average molecular weight is 304 g/mol. The van der Waals surface area contributed by atoms with Gasteiger partial charge in [-0.05, 0) is 25.8 Å². The van der Waals surface area contributed by atoms with Gasteiger partial charge >= 0.3 is 0 Å². The van der Waals surface area contributed by atoms with Gasteiger partial charge in [0.2, 0.25) is 0 Å². The number of thiazole rings is 1. The fourth-order valence-electron chi connectivity index (χ4n) is 2.20. The van der Waals surface area contributed by atoms with Crippen LogP contribution in [0.2, 0.25) is 0 Å². The van der Waals surface area contributed by atoms with Gasteiger partial charge in [-0.3, -0.25) is 4.79 Å². The van der Waals surface area contributed by atoms with Gasteiger partial charge in [0.15, 0.2) is 10.8 Å². The third-order valence-corrected chi connectivity index (χ3v) is 4.43. The van der Waals surface area contributed by atoms with Crippen LogP contribution in [0.15, 0.2) is 18.5 Å². The Morgan fingerprint density at radius 3 is 3.00 bits per heavy atom. The highest BCUT2D eigenvalue weighted by Crippen LogP contribution is 2.25. The molecule has 3 rings (SSSR count). The summed E-state index contributed by atoms with van der Waals surface area (Å²) in [5, 5.41) is 3.57. The number of carbonyl (C=O) groups is 1. The zero-order valence-electron chi connectivity index (χ0n) is 11.7. The predicted octanol–water partition coefficient (Wildman–Crippen LogP) is 1.82. The average Bonchev–Trinajstić information content (AvgIpc) is 3.15. The summed E-state index contributed by atoms with van der Waals surface area (Å²) in [5.41, 5.74) is 0.701. The van der Waals surface area contributed by atoms with E-state index in [4.69, 9.17) is 4.74 Å². The highest BCUT2D eigenvalue weighted by molar-refractivity contribution is 7.17. The molecule has 1 atom stereocenters. The van der Waals surface area contributed by atoms with Crippen molar-refractivity contribution in [1.82, 2.24) is 20.3 Å². The largest absolute Gasteiger partial charge is 0.376 e. The molecular formula is C14H16N4O2S. The molecule has 3 heterocycles. The lowest BCUT2D eigenvalue weighted by molar-refractivity contribution is 0.0860. The summed E-state index contributed by atoms with van der Waals surface area (Å²) in [7, 11) is 0. The predicted molar refractivity (Wildman–Crippen MR) is 79.2 cm³/mol. The summed E-state index contributed by atoms with van der Waals surface area (Å²) in [4.78, 5) is 25.5. The highest BCUT2D eigenvalue weighted by atomic mass is 32.1. The zero-order chi connectivity index (χ0) is 14.7. The molecule has 0 aliphatic carbocycles. The van der Waals surface area contributed by atoms with E-state index in [2.05, 4.69) is 20.3 Å². The number of hydrogen-bond acceptors (Lipinski definition) is 6. The van der Waals surface area contributed by atoms with E-state index in [-0.39, 0.29) is 12.0 Å². The molecule has 0 aromatic carbocycles. The van der Waals surface area contributed by atoms with E-state index in [9.17, 15) is 4.79 Å². The molecular weight excluding hydrogens is 288 g/mol. The van der Waals surface area contributed by atoms with E-state index < -0.39 is 0 Å². The van der Waals surface area contributed by atoms with Crippen LogP contribution < -0.4 is 5.32 Å². The van der Waals surface area contributed by atoms with Crippen LogP contribution in [0.4, 0.5) is 0 Å². The van der Waals surface area contributed by atoms with Crippen LogP contribution in [-0.4, -0.2) is 40.1 Å². The highest BCUT2D eigenvalue weighted by Gasteiger charge is 2.20. The maximum Gasteiger partial charge on any atom is 0.263 e. The summed E-state index contributed by atoms with van der Waals surface area (Å²) in [6.45, 7) is 3.16. The quantitative estimate of drug-likeness (QED) is 0.932. The van der Waals surface area contributed by atoms with E-state index in [1.165, 1.54) is 11.3 Å². The Morgan fingerprint density at radius 2 is 2.29 bits per heavy atom. The minimum Gasteiger partial charge on any atom is -0.376 e. The van der Waals surface area contributed by atoms with Gasteiger partial charge in [0, 0.05) is 25.5 Å². The summed E-state index contributed by atoms with van der Waals surface area (Å²) in [5.74, 6) is 0.437. The molecule has 1 unspecified atom stereocenters. The van der Waals surface area contributed by atoms with Crippen LogP contribution in [0.1, 0.15) is 28.2 Å². The number of hydrogen-bond donors (Lipinski definition) is 1. The first-order chi connectivity index (χ1) is 10.2. The molecule has 0 spiro atoms. The molecule has 6 nitrogen and oxygen atoms in total. The number of nitrogens with zero attached hydrogens (tertiary/aromatic N) is 3. The van der Waals surface area contributed by atoms with E-state index in [0.717, 1.165) is 19.4 Å². The summed E-state index contributed by atoms with van der Waals surface area (Å²) in [6, 6.07) is 1.75. The van der Waals surface area contributed by atoms with Crippen molar-refractivity contribution < 1.29 is 9.53 Å². The SMILES string of the molecule is Cc1nc(-c2ncccn2)sc1C(=O)NCC1CCCO1. The first-order valence-electron chi connectivity index (χ1n) is 6.88. The van der Waals surface area contributed by atoms with E-state index in [0.29, 0.717) is 27.9 Å². The molecule has 0 saturated carbocycles. The molecule has 1 amide bonds. The molecule has 1 N–H and O–H groups in total. The van der Waals surface area contributed by atoms with Crippen LogP contribution in [0.5, 0.6) is 0 Å². The third kappa shape index (κ3) is 3.25. The van der Waals surface area contributed by atoms with Crippen molar-refractivity contribution >= 4 is 17.2 Å². The topological polar surface area (TPSA) is 77.0 Å². The Labute approximate surface area is 126 Å². The Morgan fingerprint density at radius 1 is 1.48 bits per heavy atom. The van der Waals surface area contributed by atoms with Crippen molar-refractivity contribution in [2.24, 2.45) is 0 Å². The van der Waals surface area contributed by atoms with Crippen LogP contribution in [0, 0.1) is 6.92 Å². The lowest BCUT2D eigenvalue weighted by Gasteiger charge is -2.09. The van der Waals surface area contributed by atoms with Crippen LogP contribution in [0.3, 0.4) is 0 Å². The fraction of sp³-hybridized carbons (Fsp3) is 0.429. The molecule has 110 valence electrons. The van der Waals surface area contributed by atoms with Crippen molar-refractivity contribution in [3.63, 3.8) is 0 Å². The van der Waals surface area contributed by atoms with Gasteiger partial charge in [-0.1, -0.05) is 0 Å². The van der Waals surface area contributed by atoms with Crippen molar-refractivity contribution in [3.8, 4) is 10.8 Å². The molecule has 0 radical (unpaired) electrons. The van der Waals surface area contributed by atoms with Gasteiger partial charge in [0.1, 0.15) is 4.88 Å². The Balaban J connectivity index is 1.70. The van der Waals surface area contributed by atoms with Gasteiger partial charge in [-0.25, -0.2) is 15.0 Å². The molecule has 2 aromatic rings. The normalized spacial score (nSPS) is 17.9. The first-order valence-corrected chi connectivity index (χ1v) is 7.70. The monoisotopic (exact) mass is 304 g/mol. The Kier molecular flexibility index (Phi) is 4.21. The second-order valence-corrected chi connectivity index (χ2v) is 5.85. The molecule has 21 heavy (non-hydrogen) atoms. The van der Waals surface area contributed by atoms with Gasteiger partial charge < -0.3 is 10.1 Å². The summed E-state index contributed by atoms with van der Waals surface area (Å²) >= 11 is 1.31. The molecule has 2 aromatic heterocycles. The van der Waals surface area contributed by atoms with E-state index in [1.54, 1.807) is 18.5 Å². The number of aryl methyl sites for hydroxylation is 1. The maximum absolute atomic E-state index is 12.2. The first kappa shape index (κ1) is 14.1. The minimum absolute atomic E-state index is 0.109. The van der Waals surface area contributed by atoms with Gasteiger partial charge in [0.05, 0.1) is 11.8 Å². The van der Waals surface area contributed by atoms with Crippen molar-refractivity contribution in [2.45, 2.75) is 25.9 Å². The van der Waals surface area contributed by atoms with E-state index in [1.807, 2.05) is 6.92 Å². The molecule has 1 aliphatic heterocycles. The van der Waals surface area contributed by atoms with Crippen molar-refractivity contribution in [1.29, 1.82) is 0 Å². The number of rotatable bonds is 4. The lowest BCUT2D eigenvalue weighted by Crippen LogP contribution is -2.31.